The summed E-state index contributed by atoms with van der Waals surface area (Å²) in [6, 6.07) is 1.93. The second kappa shape index (κ2) is 5.88. The number of nitrogen functional groups attached to an aromatic ring is 1. The van der Waals surface area contributed by atoms with Crippen LogP contribution in [0.4, 0.5) is 5.69 Å². The smallest absolute Gasteiger partial charge is 0.253 e. The number of hydrogen-bond donors (Lipinski definition) is 3. The highest BCUT2D eigenvalue weighted by atomic mass is 32.2. The molecule has 1 amide bonds. The molecule has 0 radical (unpaired) electrons. The fraction of sp³-hybridized carbons (Fsp3) is 0.455. The Labute approximate surface area is 105 Å². The number of thioether (sulfide) groups is 1. The predicted molar refractivity (Wildman–Crippen MR) is 69.9 cm³/mol. The molecular formula is C11H16N4OS. The minimum absolute atomic E-state index is 0.0900. The zero-order valence-corrected chi connectivity index (χ0v) is 10.3. The van der Waals surface area contributed by atoms with Crippen molar-refractivity contribution in [3.8, 4) is 0 Å². The third-order valence-corrected chi connectivity index (χ3v) is 3.93. The molecule has 6 heteroatoms. The van der Waals surface area contributed by atoms with Crippen LogP contribution in [0.3, 0.4) is 0 Å². The predicted octanol–water partition coefficient (Wildman–Crippen LogP) is 0.993. The number of anilines is 1. The third kappa shape index (κ3) is 3.10. The summed E-state index contributed by atoms with van der Waals surface area (Å²) in [5.41, 5.74) is 3.57. The van der Waals surface area contributed by atoms with E-state index in [-0.39, 0.29) is 11.9 Å². The molecule has 0 aromatic carbocycles. The second-order valence-corrected chi connectivity index (χ2v) is 5.10. The molecule has 5 nitrogen and oxygen atoms in total. The highest BCUT2D eigenvalue weighted by Gasteiger charge is 2.18. The van der Waals surface area contributed by atoms with E-state index in [9.17, 15) is 4.79 Å². The zero-order valence-electron chi connectivity index (χ0n) is 9.48. The second-order valence-electron chi connectivity index (χ2n) is 3.95. The molecule has 2 rings (SSSR count). The normalized spacial score (nSPS) is 19.7. The van der Waals surface area contributed by atoms with E-state index < -0.39 is 0 Å². The summed E-state index contributed by atoms with van der Waals surface area (Å²) >= 11 is 1.88. The number of nitrogens with one attached hydrogen (secondary N) is 2. The van der Waals surface area contributed by atoms with Gasteiger partial charge in [-0.15, -0.1) is 0 Å². The van der Waals surface area contributed by atoms with Crippen LogP contribution >= 0.6 is 11.8 Å². The van der Waals surface area contributed by atoms with E-state index in [1.165, 1.54) is 5.75 Å². The van der Waals surface area contributed by atoms with Gasteiger partial charge in [0.15, 0.2) is 0 Å². The Morgan fingerprint density at radius 2 is 2.47 bits per heavy atom. The van der Waals surface area contributed by atoms with Crippen molar-refractivity contribution in [1.82, 2.24) is 10.3 Å². The molecule has 1 aliphatic rings. The van der Waals surface area contributed by atoms with E-state index in [1.54, 1.807) is 18.5 Å². The lowest BCUT2D eigenvalue weighted by molar-refractivity contribution is 0.0939. The highest BCUT2D eigenvalue weighted by molar-refractivity contribution is 7.99. The first-order valence-electron chi connectivity index (χ1n) is 5.60. The summed E-state index contributed by atoms with van der Waals surface area (Å²) in [7, 11) is 0. The number of carbonyl (C=O) groups is 1. The summed E-state index contributed by atoms with van der Waals surface area (Å²) < 4.78 is 0. The Bertz CT molecular complexity index is 393. The Morgan fingerprint density at radius 3 is 3.18 bits per heavy atom. The van der Waals surface area contributed by atoms with Gasteiger partial charge in [0.2, 0.25) is 0 Å². The average Bonchev–Trinajstić information content (AvgIpc) is 2.40. The maximum Gasteiger partial charge on any atom is 0.253 e. The molecule has 0 saturated carbocycles. The lowest BCUT2D eigenvalue weighted by atomic mass is 10.1. The summed E-state index contributed by atoms with van der Waals surface area (Å²) in [5, 5.41) is 3.03. The fourth-order valence-electron chi connectivity index (χ4n) is 1.83. The van der Waals surface area contributed by atoms with Gasteiger partial charge in [0, 0.05) is 18.0 Å². The summed E-state index contributed by atoms with van der Waals surface area (Å²) in [6.45, 7) is 0. The first-order valence-corrected chi connectivity index (χ1v) is 6.76. The van der Waals surface area contributed by atoms with E-state index >= 15 is 0 Å². The molecule has 4 N–H and O–H groups in total. The van der Waals surface area contributed by atoms with Gasteiger partial charge >= 0.3 is 0 Å². The summed E-state index contributed by atoms with van der Waals surface area (Å²) in [5.74, 6) is 7.44. The largest absolute Gasteiger partial charge is 0.348 e. The lowest BCUT2D eigenvalue weighted by Crippen LogP contribution is -2.38. The molecular weight excluding hydrogens is 236 g/mol. The van der Waals surface area contributed by atoms with Crippen LogP contribution in [-0.2, 0) is 0 Å². The van der Waals surface area contributed by atoms with Crippen LogP contribution < -0.4 is 16.6 Å². The Hall–Kier alpha value is -1.27. The highest BCUT2D eigenvalue weighted by Crippen LogP contribution is 2.18. The maximum atomic E-state index is 12.0. The van der Waals surface area contributed by atoms with Gasteiger partial charge in [0.05, 0.1) is 17.4 Å². The van der Waals surface area contributed by atoms with Crippen molar-refractivity contribution < 1.29 is 4.79 Å². The molecule has 0 aliphatic carbocycles. The standard InChI is InChI=1S/C11H16N4OS/c12-15-10-6-13-4-3-9(10)11(16)14-8-2-1-5-17-7-8/h3-4,6,8,15H,1-2,5,7,12H2,(H,14,16). The van der Waals surface area contributed by atoms with Gasteiger partial charge in [-0.1, -0.05) is 0 Å². The molecule has 1 fully saturated rings. The molecule has 1 aliphatic heterocycles. The molecule has 1 saturated heterocycles. The van der Waals surface area contributed by atoms with Crippen molar-refractivity contribution in [2.75, 3.05) is 16.9 Å². The number of amides is 1. The minimum Gasteiger partial charge on any atom is -0.348 e. The number of carbonyl (C=O) groups excluding carboxylic acids is 1. The maximum absolute atomic E-state index is 12.0. The summed E-state index contributed by atoms with van der Waals surface area (Å²) in [6.07, 6.45) is 5.35. The van der Waals surface area contributed by atoms with Crippen molar-refractivity contribution in [3.63, 3.8) is 0 Å². The molecule has 0 bridgehead atoms. The SMILES string of the molecule is NNc1cnccc1C(=O)NC1CCCSC1. The number of pyridine rings is 1. The number of aromatic nitrogens is 1. The molecule has 1 atom stereocenters. The molecule has 1 aromatic rings. The Balaban J connectivity index is 2.03. The van der Waals surface area contributed by atoms with Crippen LogP contribution in [0.15, 0.2) is 18.5 Å². The van der Waals surface area contributed by atoms with Crippen molar-refractivity contribution in [2.45, 2.75) is 18.9 Å². The van der Waals surface area contributed by atoms with E-state index in [1.807, 2.05) is 11.8 Å². The summed E-state index contributed by atoms with van der Waals surface area (Å²) in [4.78, 5) is 16.0. The van der Waals surface area contributed by atoms with Crippen molar-refractivity contribution in [3.05, 3.63) is 24.0 Å². The molecule has 0 spiro atoms. The van der Waals surface area contributed by atoms with Crippen molar-refractivity contribution in [2.24, 2.45) is 5.84 Å². The molecule has 92 valence electrons. The number of nitrogens with two attached hydrogens (primary N) is 1. The molecule has 1 unspecified atom stereocenters. The van der Waals surface area contributed by atoms with Crippen LogP contribution in [-0.4, -0.2) is 28.4 Å². The van der Waals surface area contributed by atoms with Crippen LogP contribution in [0, 0.1) is 0 Å². The number of hydrogen-bond acceptors (Lipinski definition) is 5. The first kappa shape index (κ1) is 12.2. The zero-order chi connectivity index (χ0) is 12.1. The monoisotopic (exact) mass is 252 g/mol. The Morgan fingerprint density at radius 1 is 1.59 bits per heavy atom. The Kier molecular flexibility index (Phi) is 4.22. The van der Waals surface area contributed by atoms with E-state index in [2.05, 4.69) is 15.7 Å². The van der Waals surface area contributed by atoms with Gasteiger partial charge in [0.1, 0.15) is 0 Å². The minimum atomic E-state index is -0.0900. The topological polar surface area (TPSA) is 80.0 Å². The van der Waals surface area contributed by atoms with Gasteiger partial charge in [0.25, 0.3) is 5.91 Å². The van der Waals surface area contributed by atoms with E-state index in [4.69, 9.17) is 5.84 Å². The van der Waals surface area contributed by atoms with Gasteiger partial charge in [-0.05, 0) is 24.7 Å². The van der Waals surface area contributed by atoms with Crippen LogP contribution in [0.1, 0.15) is 23.2 Å². The molecule has 2 heterocycles. The van der Waals surface area contributed by atoms with Gasteiger partial charge in [-0.25, -0.2) is 0 Å². The first-order chi connectivity index (χ1) is 8.31. The lowest BCUT2D eigenvalue weighted by Gasteiger charge is -2.22. The van der Waals surface area contributed by atoms with Crippen LogP contribution in [0.2, 0.25) is 0 Å². The molecule has 1 aromatic heterocycles. The van der Waals surface area contributed by atoms with Gasteiger partial charge in [-0.2, -0.15) is 11.8 Å². The number of hydrazine groups is 1. The van der Waals surface area contributed by atoms with Crippen molar-refractivity contribution >= 4 is 23.4 Å². The van der Waals surface area contributed by atoms with Crippen LogP contribution in [0.5, 0.6) is 0 Å². The van der Waals surface area contributed by atoms with Crippen LogP contribution in [0.25, 0.3) is 0 Å². The van der Waals surface area contributed by atoms with E-state index in [0.29, 0.717) is 11.3 Å². The third-order valence-electron chi connectivity index (χ3n) is 2.72. The van der Waals surface area contributed by atoms with Gasteiger partial charge < -0.3 is 10.7 Å². The number of nitrogens with zero attached hydrogens (tertiary/aromatic N) is 1. The number of rotatable bonds is 3. The average molecular weight is 252 g/mol. The van der Waals surface area contributed by atoms with Crippen molar-refractivity contribution in [1.29, 1.82) is 0 Å². The fourth-order valence-corrected chi connectivity index (χ4v) is 2.90. The van der Waals surface area contributed by atoms with Gasteiger partial charge in [-0.3, -0.25) is 15.6 Å². The quantitative estimate of drug-likeness (QED) is 0.552. The molecule has 17 heavy (non-hydrogen) atoms. The van der Waals surface area contributed by atoms with E-state index in [0.717, 1.165) is 18.6 Å².